The zero-order valence-electron chi connectivity index (χ0n) is 9.24. The molecule has 1 aromatic heterocycles. The molecule has 0 bridgehead atoms. The van der Waals surface area contributed by atoms with Gasteiger partial charge in [0.05, 0.1) is 10.7 Å². The van der Waals surface area contributed by atoms with Crippen LogP contribution in [-0.4, -0.2) is 17.2 Å². The molecular formula is C12H10ClN3O2. The van der Waals surface area contributed by atoms with Gasteiger partial charge in [0.2, 0.25) is 0 Å². The van der Waals surface area contributed by atoms with Gasteiger partial charge in [0, 0.05) is 17.4 Å². The van der Waals surface area contributed by atoms with Crippen molar-refractivity contribution in [3.8, 4) is 0 Å². The number of anilines is 2. The normalized spacial score (nSPS) is 10.1. The molecule has 0 fully saturated rings. The summed E-state index contributed by atoms with van der Waals surface area (Å²) in [4.78, 5) is 25.0. The van der Waals surface area contributed by atoms with E-state index in [2.05, 4.69) is 10.3 Å². The van der Waals surface area contributed by atoms with Crippen molar-refractivity contribution in [2.45, 2.75) is 0 Å². The number of nitrogens with two attached hydrogens (primary N) is 1. The van der Waals surface area contributed by atoms with E-state index in [9.17, 15) is 9.59 Å². The summed E-state index contributed by atoms with van der Waals surface area (Å²) in [5.74, 6) is -0.380. The zero-order valence-corrected chi connectivity index (χ0v) is 9.99. The molecule has 6 heteroatoms. The average Bonchev–Trinajstić information content (AvgIpc) is 2.81. The topological polar surface area (TPSA) is 88.0 Å². The van der Waals surface area contributed by atoms with Crippen molar-refractivity contribution < 1.29 is 9.59 Å². The second-order valence-corrected chi connectivity index (χ2v) is 4.07. The highest BCUT2D eigenvalue weighted by molar-refractivity contribution is 6.34. The molecular weight excluding hydrogens is 254 g/mol. The Morgan fingerprint density at radius 3 is 2.78 bits per heavy atom. The summed E-state index contributed by atoms with van der Waals surface area (Å²) in [6.07, 6.45) is 2.11. The van der Waals surface area contributed by atoms with Crippen molar-refractivity contribution in [3.63, 3.8) is 0 Å². The van der Waals surface area contributed by atoms with Gasteiger partial charge in [0.1, 0.15) is 5.69 Å². The highest BCUT2D eigenvalue weighted by Gasteiger charge is 2.10. The number of hydrogen-bond acceptors (Lipinski definition) is 3. The fourth-order valence-corrected chi connectivity index (χ4v) is 1.67. The minimum atomic E-state index is -0.380. The van der Waals surface area contributed by atoms with E-state index in [4.69, 9.17) is 17.3 Å². The first-order chi connectivity index (χ1) is 8.60. The van der Waals surface area contributed by atoms with Crippen molar-refractivity contribution in [2.75, 3.05) is 11.1 Å². The van der Waals surface area contributed by atoms with E-state index >= 15 is 0 Å². The van der Waals surface area contributed by atoms with Crippen LogP contribution in [0.2, 0.25) is 5.02 Å². The second kappa shape index (κ2) is 4.93. The van der Waals surface area contributed by atoms with Gasteiger partial charge in [-0.2, -0.15) is 0 Å². The van der Waals surface area contributed by atoms with Crippen molar-refractivity contribution >= 4 is 35.2 Å². The number of H-pyrrole nitrogens is 1. The van der Waals surface area contributed by atoms with E-state index in [-0.39, 0.29) is 11.6 Å². The van der Waals surface area contributed by atoms with Gasteiger partial charge in [-0.25, -0.2) is 0 Å². The summed E-state index contributed by atoms with van der Waals surface area (Å²) in [5.41, 5.74) is 7.21. The quantitative estimate of drug-likeness (QED) is 0.586. The fraction of sp³-hybridized carbons (Fsp3) is 0. The van der Waals surface area contributed by atoms with E-state index in [0.717, 1.165) is 0 Å². The fourth-order valence-electron chi connectivity index (χ4n) is 1.43. The Balaban J connectivity index is 2.18. The first-order valence-corrected chi connectivity index (χ1v) is 5.48. The molecule has 0 unspecified atom stereocenters. The number of aromatic amines is 1. The Bertz CT molecular complexity index is 607. The molecule has 0 atom stereocenters. The molecule has 0 saturated carbocycles. The molecule has 0 aliphatic carbocycles. The minimum absolute atomic E-state index is 0.282. The van der Waals surface area contributed by atoms with Crippen molar-refractivity contribution in [3.05, 3.63) is 46.7 Å². The van der Waals surface area contributed by atoms with Crippen LogP contribution in [0.3, 0.4) is 0 Å². The van der Waals surface area contributed by atoms with Gasteiger partial charge in [-0.05, 0) is 24.3 Å². The highest BCUT2D eigenvalue weighted by Crippen LogP contribution is 2.24. The summed E-state index contributed by atoms with van der Waals surface area (Å²) in [7, 11) is 0. The maximum atomic E-state index is 11.8. The van der Waals surface area contributed by atoms with Crippen LogP contribution in [0.1, 0.15) is 20.8 Å². The van der Waals surface area contributed by atoms with Crippen LogP contribution in [0.15, 0.2) is 30.5 Å². The summed E-state index contributed by atoms with van der Waals surface area (Å²) in [5, 5.41) is 2.97. The number of nitrogen functional groups attached to an aromatic ring is 1. The van der Waals surface area contributed by atoms with Crippen molar-refractivity contribution in [1.29, 1.82) is 0 Å². The maximum absolute atomic E-state index is 11.8. The number of benzene rings is 1. The molecule has 0 aliphatic rings. The number of amides is 1. The molecule has 0 radical (unpaired) electrons. The van der Waals surface area contributed by atoms with Gasteiger partial charge in [0.25, 0.3) is 5.91 Å². The van der Waals surface area contributed by atoms with Crippen LogP contribution in [0.4, 0.5) is 11.4 Å². The summed E-state index contributed by atoms with van der Waals surface area (Å²) in [6.45, 7) is 0. The van der Waals surface area contributed by atoms with Gasteiger partial charge >= 0.3 is 0 Å². The second-order valence-electron chi connectivity index (χ2n) is 3.66. The monoisotopic (exact) mass is 263 g/mol. The lowest BCUT2D eigenvalue weighted by Gasteiger charge is -2.06. The molecule has 1 aromatic carbocycles. The van der Waals surface area contributed by atoms with Crippen molar-refractivity contribution in [1.82, 2.24) is 4.98 Å². The lowest BCUT2D eigenvalue weighted by molar-refractivity contribution is 0.102. The number of nitrogens with one attached hydrogen (secondary N) is 2. The molecule has 5 nitrogen and oxygen atoms in total. The molecule has 92 valence electrons. The SMILES string of the molecule is Nc1ccc(NC(=O)c2cc(C=O)c[nH]2)c(Cl)c1. The highest BCUT2D eigenvalue weighted by atomic mass is 35.5. The number of halogens is 1. The van der Waals surface area contributed by atoms with Gasteiger partial charge in [-0.3, -0.25) is 9.59 Å². The van der Waals surface area contributed by atoms with Gasteiger partial charge in [-0.15, -0.1) is 0 Å². The lowest BCUT2D eigenvalue weighted by atomic mass is 10.2. The van der Waals surface area contributed by atoms with Crippen LogP contribution in [0, 0.1) is 0 Å². The van der Waals surface area contributed by atoms with E-state index in [1.807, 2.05) is 0 Å². The average molecular weight is 264 g/mol. The molecule has 18 heavy (non-hydrogen) atoms. The Kier molecular flexibility index (Phi) is 3.34. The first kappa shape index (κ1) is 12.2. The number of aldehydes is 1. The number of carbonyl (C=O) groups excluding carboxylic acids is 2. The van der Waals surface area contributed by atoms with Crippen LogP contribution >= 0.6 is 11.6 Å². The molecule has 0 spiro atoms. The maximum Gasteiger partial charge on any atom is 0.272 e. The largest absolute Gasteiger partial charge is 0.399 e. The number of rotatable bonds is 3. The van der Waals surface area contributed by atoms with E-state index < -0.39 is 0 Å². The summed E-state index contributed by atoms with van der Waals surface area (Å²) in [6, 6.07) is 6.24. The Morgan fingerprint density at radius 1 is 1.39 bits per heavy atom. The third kappa shape index (κ3) is 2.52. The van der Waals surface area contributed by atoms with Crippen molar-refractivity contribution in [2.24, 2.45) is 0 Å². The van der Waals surface area contributed by atoms with Crippen LogP contribution < -0.4 is 11.1 Å². The smallest absolute Gasteiger partial charge is 0.272 e. The molecule has 2 rings (SSSR count). The van der Waals surface area contributed by atoms with E-state index in [0.29, 0.717) is 28.2 Å². The molecule has 0 aliphatic heterocycles. The zero-order chi connectivity index (χ0) is 13.1. The predicted octanol–water partition coefficient (Wildman–Crippen LogP) is 2.32. The number of hydrogen-bond donors (Lipinski definition) is 3. The summed E-state index contributed by atoms with van der Waals surface area (Å²) >= 11 is 5.93. The van der Waals surface area contributed by atoms with Gasteiger partial charge in [-0.1, -0.05) is 11.6 Å². The Hall–Kier alpha value is -2.27. The van der Waals surface area contributed by atoms with E-state index in [1.165, 1.54) is 12.3 Å². The summed E-state index contributed by atoms with van der Waals surface area (Å²) < 4.78 is 0. The first-order valence-electron chi connectivity index (χ1n) is 5.10. The number of carbonyl (C=O) groups is 2. The third-order valence-corrected chi connectivity index (χ3v) is 2.64. The van der Waals surface area contributed by atoms with Crippen LogP contribution in [0.5, 0.6) is 0 Å². The predicted molar refractivity (Wildman–Crippen MR) is 70.0 cm³/mol. The molecule has 1 amide bonds. The van der Waals surface area contributed by atoms with Gasteiger partial charge < -0.3 is 16.0 Å². The molecule has 2 aromatic rings. The van der Waals surface area contributed by atoms with Gasteiger partial charge in [0.15, 0.2) is 6.29 Å². The van der Waals surface area contributed by atoms with Crippen LogP contribution in [0.25, 0.3) is 0 Å². The number of aromatic nitrogens is 1. The Labute approximate surface area is 108 Å². The van der Waals surface area contributed by atoms with E-state index in [1.54, 1.807) is 18.2 Å². The molecule has 1 heterocycles. The standard InChI is InChI=1S/C12H10ClN3O2/c13-9-4-8(14)1-2-10(9)16-12(18)11-3-7(6-17)5-15-11/h1-6,15H,14H2,(H,16,18). The third-order valence-electron chi connectivity index (χ3n) is 2.33. The lowest BCUT2D eigenvalue weighted by Crippen LogP contribution is -2.12. The Morgan fingerprint density at radius 2 is 2.17 bits per heavy atom. The van der Waals surface area contributed by atoms with Crippen LogP contribution in [-0.2, 0) is 0 Å². The minimum Gasteiger partial charge on any atom is -0.399 e. The molecule has 0 saturated heterocycles. The molecule has 4 N–H and O–H groups in total.